The molecule has 1 aliphatic carbocycles. The van der Waals surface area contributed by atoms with Gasteiger partial charge in [0.25, 0.3) is 0 Å². The highest BCUT2D eigenvalue weighted by Gasteiger charge is 2.31. The first-order valence-corrected chi connectivity index (χ1v) is 7.17. The summed E-state index contributed by atoms with van der Waals surface area (Å²) in [5, 5.41) is 6.34. The van der Waals surface area contributed by atoms with Crippen molar-refractivity contribution in [2.24, 2.45) is 0 Å². The van der Waals surface area contributed by atoms with E-state index < -0.39 is 5.60 Å². The van der Waals surface area contributed by atoms with Crippen LogP contribution in [0.1, 0.15) is 39.4 Å². The summed E-state index contributed by atoms with van der Waals surface area (Å²) in [5.74, 6) is 1.00. The van der Waals surface area contributed by atoms with E-state index in [1.165, 1.54) is 0 Å². The van der Waals surface area contributed by atoms with Crippen molar-refractivity contribution in [3.05, 3.63) is 24.2 Å². The molecule has 112 valence electrons. The Balaban J connectivity index is 1.55. The highest BCUT2D eigenvalue weighted by atomic mass is 16.6. The van der Waals surface area contributed by atoms with Crippen LogP contribution in [-0.2, 0) is 11.2 Å². The molecule has 1 amide bonds. The smallest absolute Gasteiger partial charge is 0.407 e. The number of ether oxygens (including phenoxy) is 1. The van der Waals surface area contributed by atoms with Crippen LogP contribution in [0.4, 0.5) is 4.79 Å². The van der Waals surface area contributed by atoms with Crippen LogP contribution >= 0.6 is 0 Å². The minimum absolute atomic E-state index is 0.228. The first-order valence-electron chi connectivity index (χ1n) is 7.17. The van der Waals surface area contributed by atoms with Crippen molar-refractivity contribution >= 4 is 6.09 Å². The molecule has 0 bridgehead atoms. The van der Waals surface area contributed by atoms with E-state index in [-0.39, 0.29) is 12.1 Å². The van der Waals surface area contributed by atoms with Crippen molar-refractivity contribution in [2.75, 3.05) is 6.54 Å². The molecule has 0 atom stereocenters. The Morgan fingerprint density at radius 3 is 2.75 bits per heavy atom. The molecule has 5 heteroatoms. The Morgan fingerprint density at radius 1 is 1.40 bits per heavy atom. The molecule has 20 heavy (non-hydrogen) atoms. The maximum absolute atomic E-state index is 11.6. The van der Waals surface area contributed by atoms with Crippen LogP contribution in [-0.4, -0.2) is 30.3 Å². The predicted molar refractivity (Wildman–Crippen MR) is 76.6 cm³/mol. The van der Waals surface area contributed by atoms with E-state index in [0.717, 1.165) is 31.6 Å². The largest absolute Gasteiger partial charge is 0.469 e. The highest BCUT2D eigenvalue weighted by molar-refractivity contribution is 5.68. The van der Waals surface area contributed by atoms with Gasteiger partial charge in [0.15, 0.2) is 0 Å². The molecular weight excluding hydrogens is 256 g/mol. The maximum atomic E-state index is 11.6. The van der Waals surface area contributed by atoms with Gasteiger partial charge in [-0.25, -0.2) is 4.79 Å². The summed E-state index contributed by atoms with van der Waals surface area (Å²) in [7, 11) is 0. The van der Waals surface area contributed by atoms with Crippen molar-refractivity contribution in [3.63, 3.8) is 0 Å². The van der Waals surface area contributed by atoms with Crippen LogP contribution in [0.25, 0.3) is 0 Å². The Morgan fingerprint density at radius 2 is 2.15 bits per heavy atom. The van der Waals surface area contributed by atoms with Crippen LogP contribution in [0.15, 0.2) is 22.8 Å². The van der Waals surface area contributed by atoms with Gasteiger partial charge in [0, 0.05) is 25.0 Å². The lowest BCUT2D eigenvalue weighted by molar-refractivity contribution is 0.0465. The first-order chi connectivity index (χ1) is 9.42. The molecule has 1 aliphatic rings. The van der Waals surface area contributed by atoms with Gasteiger partial charge in [-0.1, -0.05) is 0 Å². The lowest BCUT2D eigenvalue weighted by Crippen LogP contribution is -2.53. The molecule has 1 fully saturated rings. The second kappa shape index (κ2) is 6.31. The number of carbonyl (C=O) groups excluding carboxylic acids is 1. The molecule has 0 aromatic carbocycles. The van der Waals surface area contributed by atoms with Gasteiger partial charge in [-0.05, 0) is 45.7 Å². The Bertz CT molecular complexity index is 417. The van der Waals surface area contributed by atoms with E-state index in [2.05, 4.69) is 10.6 Å². The number of amides is 1. The third-order valence-corrected chi connectivity index (χ3v) is 3.24. The molecule has 0 aliphatic heterocycles. The quantitative estimate of drug-likeness (QED) is 0.869. The van der Waals surface area contributed by atoms with Crippen molar-refractivity contribution in [3.8, 4) is 0 Å². The normalized spacial score (nSPS) is 22.1. The molecular formula is C15H24N2O3. The SMILES string of the molecule is CC(C)(C)OC(=O)NC1CC(NCCc2ccco2)C1. The van der Waals surface area contributed by atoms with Crippen molar-refractivity contribution in [1.82, 2.24) is 10.6 Å². The van der Waals surface area contributed by atoms with Gasteiger partial charge in [-0.15, -0.1) is 0 Å². The van der Waals surface area contributed by atoms with Crippen molar-refractivity contribution in [2.45, 2.75) is 57.7 Å². The molecule has 2 N–H and O–H groups in total. The summed E-state index contributed by atoms with van der Waals surface area (Å²) in [6.45, 7) is 6.50. The zero-order valence-corrected chi connectivity index (χ0v) is 12.4. The van der Waals surface area contributed by atoms with E-state index in [1.807, 2.05) is 32.9 Å². The number of nitrogens with one attached hydrogen (secondary N) is 2. The molecule has 1 heterocycles. The summed E-state index contributed by atoms with van der Waals surface area (Å²) in [6, 6.07) is 4.59. The number of hydrogen-bond donors (Lipinski definition) is 2. The van der Waals surface area contributed by atoms with Gasteiger partial charge in [0.1, 0.15) is 11.4 Å². The third kappa shape index (κ3) is 4.89. The summed E-state index contributed by atoms with van der Waals surface area (Å²) in [5.41, 5.74) is -0.436. The minimum Gasteiger partial charge on any atom is -0.469 e. The first kappa shape index (κ1) is 14.9. The van der Waals surface area contributed by atoms with Gasteiger partial charge < -0.3 is 19.8 Å². The summed E-state index contributed by atoms with van der Waals surface area (Å²) in [6.07, 6.45) is 4.18. The monoisotopic (exact) mass is 280 g/mol. The van der Waals surface area contributed by atoms with Crippen molar-refractivity contribution in [1.29, 1.82) is 0 Å². The lowest BCUT2D eigenvalue weighted by atomic mass is 9.87. The molecule has 2 rings (SSSR count). The number of alkyl carbamates (subject to hydrolysis) is 1. The van der Waals surface area contributed by atoms with E-state index in [0.29, 0.717) is 6.04 Å². The van der Waals surface area contributed by atoms with Crippen LogP contribution in [0.3, 0.4) is 0 Å². The second-order valence-corrected chi connectivity index (χ2v) is 6.29. The van der Waals surface area contributed by atoms with Gasteiger partial charge in [0.2, 0.25) is 0 Å². The van der Waals surface area contributed by atoms with Crippen LogP contribution < -0.4 is 10.6 Å². The van der Waals surface area contributed by atoms with Crippen molar-refractivity contribution < 1.29 is 13.9 Å². The highest BCUT2D eigenvalue weighted by Crippen LogP contribution is 2.20. The number of rotatable bonds is 5. The van der Waals surface area contributed by atoms with E-state index in [9.17, 15) is 4.79 Å². The van der Waals surface area contributed by atoms with Gasteiger partial charge in [-0.3, -0.25) is 0 Å². The summed E-state index contributed by atoms with van der Waals surface area (Å²) < 4.78 is 10.5. The van der Waals surface area contributed by atoms with E-state index >= 15 is 0 Å². The van der Waals surface area contributed by atoms with Crippen LogP contribution in [0, 0.1) is 0 Å². The van der Waals surface area contributed by atoms with E-state index in [4.69, 9.17) is 9.15 Å². The molecule has 1 saturated carbocycles. The average Bonchev–Trinajstić information content (AvgIpc) is 2.75. The molecule has 0 radical (unpaired) electrons. The molecule has 1 aromatic heterocycles. The molecule has 5 nitrogen and oxygen atoms in total. The fourth-order valence-electron chi connectivity index (χ4n) is 2.23. The third-order valence-electron chi connectivity index (χ3n) is 3.24. The van der Waals surface area contributed by atoms with Gasteiger partial charge in [-0.2, -0.15) is 0 Å². The summed E-state index contributed by atoms with van der Waals surface area (Å²) >= 11 is 0. The molecule has 0 unspecified atom stereocenters. The van der Waals surface area contributed by atoms with Gasteiger partial charge in [0.05, 0.1) is 6.26 Å². The lowest BCUT2D eigenvalue weighted by Gasteiger charge is -2.36. The summed E-state index contributed by atoms with van der Waals surface area (Å²) in [4.78, 5) is 11.6. The van der Waals surface area contributed by atoms with Crippen LogP contribution in [0.2, 0.25) is 0 Å². The average molecular weight is 280 g/mol. The Labute approximate surface area is 120 Å². The minimum atomic E-state index is -0.436. The fraction of sp³-hybridized carbons (Fsp3) is 0.667. The molecule has 1 aromatic rings. The number of furan rings is 1. The second-order valence-electron chi connectivity index (χ2n) is 6.29. The zero-order valence-electron chi connectivity index (χ0n) is 12.4. The number of hydrogen-bond acceptors (Lipinski definition) is 4. The number of carbonyl (C=O) groups is 1. The maximum Gasteiger partial charge on any atom is 0.407 e. The molecule has 0 spiro atoms. The van der Waals surface area contributed by atoms with E-state index in [1.54, 1.807) is 6.26 Å². The fourth-order valence-corrected chi connectivity index (χ4v) is 2.23. The zero-order chi connectivity index (χ0) is 14.6. The standard InChI is InChI=1S/C15H24N2O3/c1-15(2,3)20-14(18)17-12-9-11(10-12)16-7-6-13-5-4-8-19-13/h4-5,8,11-12,16H,6-7,9-10H2,1-3H3,(H,17,18). The van der Waals surface area contributed by atoms with Crippen LogP contribution in [0.5, 0.6) is 0 Å². The Hall–Kier alpha value is -1.49. The Kier molecular flexibility index (Phi) is 4.70. The van der Waals surface area contributed by atoms with Gasteiger partial charge >= 0.3 is 6.09 Å². The topological polar surface area (TPSA) is 63.5 Å². The predicted octanol–water partition coefficient (Wildman–Crippen LogP) is 2.47. The molecule has 0 saturated heterocycles.